The average Bonchev–Trinajstić information content (AvgIpc) is 3.12. The molecule has 7 heteroatoms. The van der Waals surface area contributed by atoms with Crippen molar-refractivity contribution in [3.05, 3.63) is 47.1 Å². The summed E-state index contributed by atoms with van der Waals surface area (Å²) in [4.78, 5) is 13.9. The van der Waals surface area contributed by atoms with Crippen LogP contribution in [0.3, 0.4) is 0 Å². The number of aromatic nitrogens is 1. The molecule has 0 bridgehead atoms. The van der Waals surface area contributed by atoms with Crippen LogP contribution in [0.2, 0.25) is 5.02 Å². The first-order chi connectivity index (χ1) is 10.1. The van der Waals surface area contributed by atoms with Gasteiger partial charge in [0.25, 0.3) is 5.91 Å². The van der Waals surface area contributed by atoms with E-state index in [-0.39, 0.29) is 22.7 Å². The maximum absolute atomic E-state index is 13.5. The van der Waals surface area contributed by atoms with Crippen molar-refractivity contribution in [2.24, 2.45) is 0 Å². The van der Waals surface area contributed by atoms with Crippen LogP contribution >= 0.6 is 11.6 Å². The van der Waals surface area contributed by atoms with Crippen molar-refractivity contribution >= 4 is 23.2 Å². The summed E-state index contributed by atoms with van der Waals surface area (Å²) in [5, 5.41) is 6.58. The van der Waals surface area contributed by atoms with Gasteiger partial charge in [-0.3, -0.25) is 4.79 Å². The Labute approximate surface area is 125 Å². The van der Waals surface area contributed by atoms with Gasteiger partial charge in [-0.2, -0.15) is 0 Å². The first kappa shape index (κ1) is 13.9. The molecule has 2 aromatic rings. The molecule has 5 nitrogen and oxygen atoms in total. The molecule has 3 rings (SSSR count). The Morgan fingerprint density at radius 3 is 3.05 bits per heavy atom. The molecule has 0 radical (unpaired) electrons. The average molecular weight is 310 g/mol. The van der Waals surface area contributed by atoms with E-state index in [0.717, 1.165) is 18.7 Å². The van der Waals surface area contributed by atoms with Gasteiger partial charge in [0, 0.05) is 30.9 Å². The summed E-state index contributed by atoms with van der Waals surface area (Å²) >= 11 is 5.68. The number of nitrogens with zero attached hydrogens (tertiary/aromatic N) is 2. The highest BCUT2D eigenvalue weighted by Gasteiger charge is 2.25. The van der Waals surface area contributed by atoms with Crippen LogP contribution in [0.5, 0.6) is 0 Å². The molecule has 0 spiro atoms. The van der Waals surface area contributed by atoms with Crippen LogP contribution in [0.1, 0.15) is 16.9 Å². The Kier molecular flexibility index (Phi) is 3.79. The van der Waals surface area contributed by atoms with Gasteiger partial charge in [-0.1, -0.05) is 16.8 Å². The zero-order chi connectivity index (χ0) is 14.8. The van der Waals surface area contributed by atoms with Crippen molar-refractivity contribution in [2.45, 2.75) is 12.5 Å². The number of carbonyl (C=O) groups is 1. The molecule has 1 aliphatic rings. The van der Waals surface area contributed by atoms with Crippen molar-refractivity contribution in [3.8, 4) is 0 Å². The maximum atomic E-state index is 13.5. The van der Waals surface area contributed by atoms with E-state index in [1.54, 1.807) is 6.07 Å². The van der Waals surface area contributed by atoms with Gasteiger partial charge < -0.3 is 14.7 Å². The summed E-state index contributed by atoms with van der Waals surface area (Å²) in [6.45, 7) is 1.36. The number of halogens is 2. The Balaban J connectivity index is 1.62. The van der Waals surface area contributed by atoms with Crippen LogP contribution in [0.15, 0.2) is 35.1 Å². The highest BCUT2D eigenvalue weighted by atomic mass is 35.5. The van der Waals surface area contributed by atoms with Gasteiger partial charge in [-0.05, 0) is 24.6 Å². The van der Waals surface area contributed by atoms with Crippen LogP contribution < -0.4 is 10.2 Å². The molecular weight excluding hydrogens is 297 g/mol. The number of benzene rings is 1. The van der Waals surface area contributed by atoms with Crippen LogP contribution in [0.4, 0.5) is 10.1 Å². The third-order valence-corrected chi connectivity index (χ3v) is 3.77. The van der Waals surface area contributed by atoms with Crippen molar-refractivity contribution < 1.29 is 13.7 Å². The maximum Gasteiger partial charge on any atom is 0.273 e. The summed E-state index contributed by atoms with van der Waals surface area (Å²) < 4.78 is 18.1. The smallest absolute Gasteiger partial charge is 0.273 e. The normalized spacial score (nSPS) is 18.0. The van der Waals surface area contributed by atoms with E-state index in [0.29, 0.717) is 6.54 Å². The third kappa shape index (κ3) is 3.00. The second-order valence-corrected chi connectivity index (χ2v) is 5.30. The number of rotatable bonds is 3. The second kappa shape index (κ2) is 5.73. The third-order valence-electron chi connectivity index (χ3n) is 3.46. The number of carbonyl (C=O) groups excluding carboxylic acids is 1. The fourth-order valence-corrected chi connectivity index (χ4v) is 2.50. The van der Waals surface area contributed by atoms with Crippen LogP contribution in [-0.2, 0) is 0 Å². The molecule has 0 saturated carbocycles. The molecule has 1 aromatic carbocycles. The van der Waals surface area contributed by atoms with Crippen molar-refractivity contribution in [1.29, 1.82) is 0 Å². The molecule has 21 heavy (non-hydrogen) atoms. The Morgan fingerprint density at radius 2 is 2.33 bits per heavy atom. The number of hydrogen-bond acceptors (Lipinski definition) is 4. The van der Waals surface area contributed by atoms with E-state index in [1.807, 2.05) is 4.90 Å². The van der Waals surface area contributed by atoms with E-state index >= 15 is 0 Å². The van der Waals surface area contributed by atoms with Gasteiger partial charge in [0.2, 0.25) is 0 Å². The minimum atomic E-state index is -0.441. The molecule has 1 aromatic heterocycles. The highest BCUT2D eigenvalue weighted by molar-refractivity contribution is 6.30. The molecule has 1 atom stereocenters. The monoisotopic (exact) mass is 309 g/mol. The Bertz CT molecular complexity index is 648. The quantitative estimate of drug-likeness (QED) is 0.946. The predicted octanol–water partition coefficient (Wildman–Crippen LogP) is 2.48. The van der Waals surface area contributed by atoms with E-state index in [4.69, 9.17) is 11.6 Å². The van der Waals surface area contributed by atoms with E-state index in [2.05, 4.69) is 15.0 Å². The van der Waals surface area contributed by atoms with Crippen molar-refractivity contribution in [2.75, 3.05) is 18.0 Å². The lowest BCUT2D eigenvalue weighted by molar-refractivity contribution is 0.0931. The SMILES string of the molecule is O=C(N[C@H]1CCN(c2ccc(Cl)c(F)c2)C1)c1ccon1. The zero-order valence-electron chi connectivity index (χ0n) is 11.1. The predicted molar refractivity (Wildman–Crippen MR) is 76.0 cm³/mol. The zero-order valence-corrected chi connectivity index (χ0v) is 11.8. The molecule has 110 valence electrons. The summed E-state index contributed by atoms with van der Waals surface area (Å²) in [7, 11) is 0. The number of anilines is 1. The molecular formula is C14H13ClFN3O2. The lowest BCUT2D eigenvalue weighted by atomic mass is 10.2. The van der Waals surface area contributed by atoms with Crippen LogP contribution in [0, 0.1) is 5.82 Å². The van der Waals surface area contributed by atoms with E-state index in [9.17, 15) is 9.18 Å². The fourth-order valence-electron chi connectivity index (χ4n) is 2.38. The van der Waals surface area contributed by atoms with Gasteiger partial charge in [0.15, 0.2) is 5.69 Å². The summed E-state index contributed by atoms with van der Waals surface area (Å²) in [6, 6.07) is 6.22. The Morgan fingerprint density at radius 1 is 1.48 bits per heavy atom. The molecule has 1 saturated heterocycles. The summed E-state index contributed by atoms with van der Waals surface area (Å²) in [5.74, 6) is -0.706. The molecule has 1 N–H and O–H groups in total. The van der Waals surface area contributed by atoms with Crippen molar-refractivity contribution in [3.63, 3.8) is 0 Å². The molecule has 2 heterocycles. The molecule has 1 fully saturated rings. The number of nitrogens with one attached hydrogen (secondary N) is 1. The topological polar surface area (TPSA) is 58.4 Å². The van der Waals surface area contributed by atoms with Crippen LogP contribution in [-0.4, -0.2) is 30.2 Å². The molecule has 0 aliphatic carbocycles. The summed E-state index contributed by atoms with van der Waals surface area (Å²) in [6.07, 6.45) is 2.14. The van der Waals surface area contributed by atoms with E-state index in [1.165, 1.54) is 24.5 Å². The van der Waals surface area contributed by atoms with Crippen molar-refractivity contribution in [1.82, 2.24) is 10.5 Å². The fraction of sp³-hybridized carbons (Fsp3) is 0.286. The Hall–Kier alpha value is -2.08. The highest BCUT2D eigenvalue weighted by Crippen LogP contribution is 2.25. The van der Waals surface area contributed by atoms with Gasteiger partial charge in [0.1, 0.15) is 12.1 Å². The number of hydrogen-bond donors (Lipinski definition) is 1. The van der Waals surface area contributed by atoms with Gasteiger partial charge in [0.05, 0.1) is 5.02 Å². The minimum absolute atomic E-state index is 0.00654. The van der Waals surface area contributed by atoms with Crippen LogP contribution in [0.25, 0.3) is 0 Å². The number of amides is 1. The lowest BCUT2D eigenvalue weighted by Crippen LogP contribution is -2.37. The first-order valence-corrected chi connectivity index (χ1v) is 6.92. The summed E-state index contributed by atoms with van der Waals surface area (Å²) in [5.41, 5.74) is 1.01. The molecule has 0 unspecified atom stereocenters. The minimum Gasteiger partial charge on any atom is -0.369 e. The second-order valence-electron chi connectivity index (χ2n) is 4.89. The molecule has 1 amide bonds. The first-order valence-electron chi connectivity index (χ1n) is 6.55. The van der Waals surface area contributed by atoms with Gasteiger partial charge in [-0.15, -0.1) is 0 Å². The van der Waals surface area contributed by atoms with Gasteiger partial charge >= 0.3 is 0 Å². The van der Waals surface area contributed by atoms with Gasteiger partial charge in [-0.25, -0.2) is 4.39 Å². The standard InChI is InChI=1S/C14H13ClFN3O2/c15-11-2-1-10(7-12(11)16)19-5-3-9(8-19)17-14(20)13-4-6-21-18-13/h1-2,4,6-7,9H,3,5,8H2,(H,17,20)/t9-/m0/s1. The molecule has 1 aliphatic heterocycles. The lowest BCUT2D eigenvalue weighted by Gasteiger charge is -2.19. The van der Waals surface area contributed by atoms with E-state index < -0.39 is 5.82 Å². The largest absolute Gasteiger partial charge is 0.369 e.